The van der Waals surface area contributed by atoms with Gasteiger partial charge in [0.25, 0.3) is 11.5 Å². The summed E-state index contributed by atoms with van der Waals surface area (Å²) in [7, 11) is 3.93. The minimum Gasteiger partial charge on any atom is -0.349 e. The average Bonchev–Trinajstić information content (AvgIpc) is 2.93. The lowest BCUT2D eigenvalue weighted by Gasteiger charge is -2.23. The highest BCUT2D eigenvalue weighted by Gasteiger charge is 2.17. The maximum absolute atomic E-state index is 11.9. The number of nitrogens with one attached hydrogen (secondary N) is 2. The van der Waals surface area contributed by atoms with Gasteiger partial charge in [-0.15, -0.1) is 11.3 Å². The summed E-state index contributed by atoms with van der Waals surface area (Å²) in [6, 6.07) is 6.83. The Morgan fingerprint density at radius 2 is 2.25 bits per heavy atom. The Kier molecular flexibility index (Phi) is 4.65. The molecule has 1 amide bonds. The minimum atomic E-state index is -0.327. The lowest BCUT2D eigenvalue weighted by Crippen LogP contribution is -2.34. The quantitative estimate of drug-likeness (QED) is 0.857. The number of aromatic amines is 1. The number of carbonyl (C=O) groups is 1. The number of likely N-dealkylation sites (N-methyl/N-ethyl adjacent to an activating group) is 1. The molecule has 0 fully saturated rings. The third kappa shape index (κ3) is 3.52. The maximum Gasteiger partial charge on any atom is 0.271 e. The zero-order valence-electron chi connectivity index (χ0n) is 11.3. The molecule has 0 saturated heterocycles. The third-order valence-corrected chi connectivity index (χ3v) is 3.84. The summed E-state index contributed by atoms with van der Waals surface area (Å²) >= 11 is 1.65. The van der Waals surface area contributed by atoms with Crippen molar-refractivity contribution in [3.63, 3.8) is 0 Å². The van der Waals surface area contributed by atoms with Crippen molar-refractivity contribution < 1.29 is 4.79 Å². The maximum atomic E-state index is 11.9. The largest absolute Gasteiger partial charge is 0.349 e. The van der Waals surface area contributed by atoms with E-state index < -0.39 is 0 Å². The fourth-order valence-electron chi connectivity index (χ4n) is 1.77. The van der Waals surface area contributed by atoms with E-state index in [1.165, 1.54) is 17.0 Å². The minimum absolute atomic E-state index is 0.113. The van der Waals surface area contributed by atoms with E-state index >= 15 is 0 Å². The van der Waals surface area contributed by atoms with Crippen LogP contribution in [-0.2, 0) is 0 Å². The molecular formula is C13H16N4O2S. The summed E-state index contributed by atoms with van der Waals surface area (Å²) < 4.78 is 0. The first-order chi connectivity index (χ1) is 9.58. The van der Waals surface area contributed by atoms with Gasteiger partial charge in [-0.2, -0.15) is 5.10 Å². The molecule has 0 bridgehead atoms. The second-order valence-corrected chi connectivity index (χ2v) is 5.49. The van der Waals surface area contributed by atoms with Crippen LogP contribution in [0, 0.1) is 0 Å². The number of aromatic nitrogens is 2. The van der Waals surface area contributed by atoms with Crippen molar-refractivity contribution in [1.29, 1.82) is 0 Å². The molecule has 0 aliphatic rings. The van der Waals surface area contributed by atoms with Crippen LogP contribution in [0.3, 0.4) is 0 Å². The molecular weight excluding hydrogens is 276 g/mol. The Morgan fingerprint density at radius 1 is 1.45 bits per heavy atom. The van der Waals surface area contributed by atoms with E-state index in [0.29, 0.717) is 6.54 Å². The lowest BCUT2D eigenvalue weighted by molar-refractivity contribution is 0.0936. The zero-order valence-corrected chi connectivity index (χ0v) is 12.1. The summed E-state index contributed by atoms with van der Waals surface area (Å²) in [5.74, 6) is -0.301. The molecule has 0 aliphatic heterocycles. The van der Waals surface area contributed by atoms with Crippen molar-refractivity contribution >= 4 is 17.2 Å². The van der Waals surface area contributed by atoms with Crippen molar-refractivity contribution in [2.75, 3.05) is 20.6 Å². The predicted molar refractivity (Wildman–Crippen MR) is 77.9 cm³/mol. The van der Waals surface area contributed by atoms with Crippen molar-refractivity contribution in [3.05, 3.63) is 50.6 Å². The van der Waals surface area contributed by atoms with Crippen LogP contribution in [0.1, 0.15) is 21.4 Å². The van der Waals surface area contributed by atoms with Crippen molar-refractivity contribution in [2.24, 2.45) is 0 Å². The van der Waals surface area contributed by atoms with Crippen LogP contribution in [0.2, 0.25) is 0 Å². The van der Waals surface area contributed by atoms with Gasteiger partial charge >= 0.3 is 0 Å². The van der Waals surface area contributed by atoms with Gasteiger partial charge in [-0.05, 0) is 31.6 Å². The third-order valence-electron chi connectivity index (χ3n) is 2.86. The van der Waals surface area contributed by atoms with Gasteiger partial charge in [0, 0.05) is 17.5 Å². The van der Waals surface area contributed by atoms with E-state index in [1.807, 2.05) is 36.5 Å². The van der Waals surface area contributed by atoms with Gasteiger partial charge in [-0.25, -0.2) is 5.10 Å². The Labute approximate surface area is 120 Å². The molecule has 6 nitrogen and oxygen atoms in total. The predicted octanol–water partition coefficient (Wildman–Crippen LogP) is 0.864. The molecule has 2 aromatic rings. The second kappa shape index (κ2) is 6.44. The van der Waals surface area contributed by atoms with Crippen molar-refractivity contribution in [1.82, 2.24) is 20.4 Å². The number of carbonyl (C=O) groups excluding carboxylic acids is 1. The topological polar surface area (TPSA) is 78.1 Å². The van der Waals surface area contributed by atoms with Crippen LogP contribution in [-0.4, -0.2) is 41.6 Å². The van der Waals surface area contributed by atoms with Crippen LogP contribution >= 0.6 is 11.3 Å². The Morgan fingerprint density at radius 3 is 2.80 bits per heavy atom. The van der Waals surface area contributed by atoms with Crippen LogP contribution in [0.5, 0.6) is 0 Å². The van der Waals surface area contributed by atoms with Crippen molar-refractivity contribution in [2.45, 2.75) is 6.04 Å². The van der Waals surface area contributed by atoms with Gasteiger partial charge in [-0.3, -0.25) is 9.59 Å². The number of rotatable bonds is 5. The van der Waals surface area contributed by atoms with Gasteiger partial charge in [0.05, 0.1) is 6.04 Å². The van der Waals surface area contributed by atoms with Gasteiger partial charge < -0.3 is 10.2 Å². The van der Waals surface area contributed by atoms with Gasteiger partial charge in [0.15, 0.2) is 0 Å². The normalized spacial score (nSPS) is 12.3. The zero-order chi connectivity index (χ0) is 14.5. The van der Waals surface area contributed by atoms with Gasteiger partial charge in [-0.1, -0.05) is 6.07 Å². The fraction of sp³-hybridized carbons (Fsp3) is 0.308. The van der Waals surface area contributed by atoms with E-state index in [4.69, 9.17) is 0 Å². The van der Waals surface area contributed by atoms with Crippen molar-refractivity contribution in [3.8, 4) is 0 Å². The van der Waals surface area contributed by atoms with Crippen LogP contribution in [0.25, 0.3) is 0 Å². The molecule has 2 rings (SSSR count). The Balaban J connectivity index is 2.01. The smallest absolute Gasteiger partial charge is 0.271 e. The number of amides is 1. The Bertz CT molecular complexity index is 601. The molecule has 0 aromatic carbocycles. The highest BCUT2D eigenvalue weighted by molar-refractivity contribution is 7.10. The summed E-state index contributed by atoms with van der Waals surface area (Å²) in [5, 5.41) is 10.8. The number of H-pyrrole nitrogens is 1. The molecule has 0 spiro atoms. The first-order valence-corrected chi connectivity index (χ1v) is 6.99. The second-order valence-electron chi connectivity index (χ2n) is 4.51. The molecule has 2 heterocycles. The van der Waals surface area contributed by atoms with E-state index in [2.05, 4.69) is 15.5 Å². The van der Waals surface area contributed by atoms with E-state index in [0.717, 1.165) is 0 Å². The number of hydrogen-bond acceptors (Lipinski definition) is 5. The van der Waals surface area contributed by atoms with E-state index in [9.17, 15) is 9.59 Å². The van der Waals surface area contributed by atoms with Gasteiger partial charge in [0.2, 0.25) is 0 Å². The highest BCUT2D eigenvalue weighted by Crippen LogP contribution is 2.22. The van der Waals surface area contributed by atoms with E-state index in [1.54, 1.807) is 11.3 Å². The highest BCUT2D eigenvalue weighted by atomic mass is 32.1. The molecule has 20 heavy (non-hydrogen) atoms. The molecule has 7 heteroatoms. The number of nitrogens with zero attached hydrogens (tertiary/aromatic N) is 2. The summed E-state index contributed by atoms with van der Waals surface area (Å²) in [5.41, 5.74) is -0.125. The standard InChI is InChI=1S/C13H16N4O2S/c1-17(2)10(11-4-3-7-20-11)8-14-13(19)9-5-6-12(18)16-15-9/h3-7,10H,8H2,1-2H3,(H,14,19)(H,16,18). The molecule has 1 atom stereocenters. The lowest BCUT2D eigenvalue weighted by atomic mass is 10.2. The average molecular weight is 292 g/mol. The number of thiophene rings is 1. The first kappa shape index (κ1) is 14.4. The fourth-order valence-corrected chi connectivity index (χ4v) is 2.69. The molecule has 0 radical (unpaired) electrons. The molecule has 0 aliphatic carbocycles. The summed E-state index contributed by atoms with van der Waals surface area (Å²) in [6.45, 7) is 0.479. The summed E-state index contributed by atoms with van der Waals surface area (Å²) in [4.78, 5) is 26.1. The van der Waals surface area contributed by atoms with E-state index in [-0.39, 0.29) is 23.2 Å². The monoisotopic (exact) mass is 292 g/mol. The Hall–Kier alpha value is -1.99. The SMILES string of the molecule is CN(C)C(CNC(=O)c1ccc(=O)[nH]n1)c1cccs1. The molecule has 2 aromatic heterocycles. The van der Waals surface area contributed by atoms with Gasteiger partial charge in [0.1, 0.15) is 5.69 Å². The molecule has 106 valence electrons. The molecule has 0 saturated carbocycles. The van der Waals surface area contributed by atoms with Crippen LogP contribution < -0.4 is 10.9 Å². The molecule has 1 unspecified atom stereocenters. The summed E-state index contributed by atoms with van der Waals surface area (Å²) in [6.07, 6.45) is 0. The van der Waals surface area contributed by atoms with Crippen LogP contribution in [0.15, 0.2) is 34.4 Å². The number of hydrogen-bond donors (Lipinski definition) is 2. The first-order valence-electron chi connectivity index (χ1n) is 6.11. The van der Waals surface area contributed by atoms with Crippen LogP contribution in [0.4, 0.5) is 0 Å². The molecule has 2 N–H and O–H groups in total.